The number of carbonyl (C=O) groups is 1. The molecule has 0 saturated heterocycles. The van der Waals surface area contributed by atoms with E-state index in [-0.39, 0.29) is 17.9 Å². The highest BCUT2D eigenvalue weighted by Gasteiger charge is 2.15. The molecule has 2 N–H and O–H groups in total. The minimum Gasteiger partial charge on any atom is -0.311 e. The summed E-state index contributed by atoms with van der Waals surface area (Å²) in [6.45, 7) is 0. The van der Waals surface area contributed by atoms with E-state index in [0.717, 1.165) is 31.4 Å². The number of pyridine rings is 1. The number of nitrogens with one attached hydrogen (secondary N) is 2. The minimum absolute atomic E-state index is 0.206. The van der Waals surface area contributed by atoms with Gasteiger partial charge in [0.1, 0.15) is 16.9 Å². The smallest absolute Gasteiger partial charge is 0.273 e. The van der Waals surface area contributed by atoms with Crippen LogP contribution in [-0.2, 0) is 17.6 Å². The lowest BCUT2D eigenvalue weighted by atomic mass is 10.1. The predicted octanol–water partition coefficient (Wildman–Crippen LogP) is 3.82. The molecule has 3 aromatic rings. The maximum atomic E-state index is 12.4. The van der Waals surface area contributed by atoms with Crippen LogP contribution in [0, 0.1) is 11.3 Å². The van der Waals surface area contributed by atoms with Crippen molar-refractivity contribution in [1.82, 2.24) is 14.8 Å². The van der Waals surface area contributed by atoms with Gasteiger partial charge in [-0.15, -0.1) is 11.8 Å². The lowest BCUT2D eigenvalue weighted by Crippen LogP contribution is -2.14. The van der Waals surface area contributed by atoms with Crippen molar-refractivity contribution in [2.75, 3.05) is 11.1 Å². The van der Waals surface area contributed by atoms with E-state index < -0.39 is 0 Å². The van der Waals surface area contributed by atoms with Crippen molar-refractivity contribution in [2.24, 2.45) is 0 Å². The van der Waals surface area contributed by atoms with E-state index in [1.807, 2.05) is 24.3 Å². The molecule has 0 aliphatic heterocycles. The Hall–Kier alpha value is -3.31. The zero-order valence-corrected chi connectivity index (χ0v) is 17.9. The van der Waals surface area contributed by atoms with Crippen molar-refractivity contribution in [3.8, 4) is 11.8 Å². The summed E-state index contributed by atoms with van der Waals surface area (Å²) in [5.74, 6) is 0.641. The minimum atomic E-state index is -0.247. The summed E-state index contributed by atoms with van der Waals surface area (Å²) in [6.07, 6.45) is 5.62. The van der Waals surface area contributed by atoms with Crippen LogP contribution in [-0.4, -0.2) is 26.4 Å². The number of H-pyrrole nitrogens is 1. The van der Waals surface area contributed by atoms with Crippen LogP contribution >= 0.6 is 11.8 Å². The van der Waals surface area contributed by atoms with Crippen LogP contribution in [0.1, 0.15) is 42.5 Å². The van der Waals surface area contributed by atoms with Gasteiger partial charge < -0.3 is 5.32 Å². The summed E-state index contributed by atoms with van der Waals surface area (Å²) in [4.78, 5) is 29.3. The normalized spacial score (nSPS) is 13.1. The number of thioether (sulfide) groups is 1. The molecule has 1 aliphatic carbocycles. The number of nitrogens with zero attached hydrogens (tertiary/aromatic N) is 3. The van der Waals surface area contributed by atoms with Crippen LogP contribution in [0.4, 0.5) is 5.82 Å². The second-order valence-corrected chi connectivity index (χ2v) is 8.53. The van der Waals surface area contributed by atoms with Gasteiger partial charge in [0.15, 0.2) is 0 Å². The Morgan fingerprint density at radius 1 is 1.19 bits per heavy atom. The topological polar surface area (TPSA) is 104 Å². The number of carbonyl (C=O) groups excluding carboxylic acids is 1. The standard InChI is InChI=1S/C23H23N5O2S/c24-15-17-13-16-7-3-1-6-10-19(16)25-23(17)31-12-11-21(29)26-20-14-22(30)28(27-20)18-8-4-2-5-9-18/h2,4-5,8-9,13-14,27H,1,3,6-7,10-12H2,(H,26,29). The quantitative estimate of drug-likeness (QED) is 0.454. The van der Waals surface area contributed by atoms with Gasteiger partial charge in [-0.3, -0.25) is 14.7 Å². The molecule has 0 unspecified atom stereocenters. The summed E-state index contributed by atoms with van der Waals surface area (Å²) in [5, 5.41) is 15.8. The molecule has 2 heterocycles. The number of para-hydroxylation sites is 1. The van der Waals surface area contributed by atoms with Crippen molar-refractivity contribution < 1.29 is 4.79 Å². The van der Waals surface area contributed by atoms with Gasteiger partial charge in [0.25, 0.3) is 5.56 Å². The van der Waals surface area contributed by atoms with Crippen LogP contribution in [0.15, 0.2) is 52.3 Å². The summed E-state index contributed by atoms with van der Waals surface area (Å²) >= 11 is 1.42. The van der Waals surface area contributed by atoms with Gasteiger partial charge in [0.05, 0.1) is 11.3 Å². The highest BCUT2D eigenvalue weighted by Crippen LogP contribution is 2.27. The van der Waals surface area contributed by atoms with E-state index in [0.29, 0.717) is 27.8 Å². The highest BCUT2D eigenvalue weighted by molar-refractivity contribution is 7.99. The Kier molecular flexibility index (Phi) is 6.53. The average Bonchev–Trinajstić information content (AvgIpc) is 2.99. The molecule has 0 atom stereocenters. The molecule has 0 bridgehead atoms. The lowest BCUT2D eigenvalue weighted by Gasteiger charge is -2.10. The third-order valence-corrected chi connectivity index (χ3v) is 6.21. The molecule has 1 aliphatic rings. The van der Waals surface area contributed by atoms with E-state index >= 15 is 0 Å². The molecule has 0 radical (unpaired) electrons. The van der Waals surface area contributed by atoms with Gasteiger partial charge in [-0.2, -0.15) is 5.26 Å². The van der Waals surface area contributed by atoms with Crippen LogP contribution in [0.25, 0.3) is 5.69 Å². The first-order valence-corrected chi connectivity index (χ1v) is 11.4. The van der Waals surface area contributed by atoms with Crippen molar-refractivity contribution in [1.29, 1.82) is 5.26 Å². The molecule has 2 aromatic heterocycles. The van der Waals surface area contributed by atoms with Crippen molar-refractivity contribution in [3.63, 3.8) is 0 Å². The number of anilines is 1. The maximum Gasteiger partial charge on any atom is 0.273 e. The first-order valence-electron chi connectivity index (χ1n) is 10.4. The number of hydrogen-bond acceptors (Lipinski definition) is 5. The zero-order valence-electron chi connectivity index (χ0n) is 17.1. The number of aryl methyl sites for hydroxylation is 2. The molecule has 8 heteroatoms. The number of aromatic nitrogens is 3. The average molecular weight is 434 g/mol. The molecular formula is C23H23N5O2S. The molecule has 1 amide bonds. The van der Waals surface area contributed by atoms with Gasteiger partial charge in [-0.1, -0.05) is 24.6 Å². The fourth-order valence-electron chi connectivity index (χ4n) is 3.66. The van der Waals surface area contributed by atoms with Gasteiger partial charge >= 0.3 is 0 Å². The third-order valence-electron chi connectivity index (χ3n) is 5.21. The largest absolute Gasteiger partial charge is 0.311 e. The fraction of sp³-hybridized carbons (Fsp3) is 0.304. The number of aromatic amines is 1. The Balaban J connectivity index is 1.37. The molecule has 158 valence electrons. The first kappa shape index (κ1) is 20.9. The molecule has 0 saturated carbocycles. The monoisotopic (exact) mass is 433 g/mol. The number of rotatable bonds is 6. The fourth-order valence-corrected chi connectivity index (χ4v) is 4.58. The molecule has 0 fully saturated rings. The Morgan fingerprint density at radius 2 is 2.00 bits per heavy atom. The molecule has 31 heavy (non-hydrogen) atoms. The third kappa shape index (κ3) is 5.06. The molecule has 4 rings (SSSR count). The van der Waals surface area contributed by atoms with Crippen molar-refractivity contribution >= 4 is 23.5 Å². The Morgan fingerprint density at radius 3 is 2.81 bits per heavy atom. The molecular weight excluding hydrogens is 410 g/mol. The lowest BCUT2D eigenvalue weighted by molar-refractivity contribution is -0.115. The van der Waals surface area contributed by atoms with E-state index in [1.54, 1.807) is 12.1 Å². The zero-order chi connectivity index (χ0) is 21.6. The van der Waals surface area contributed by atoms with E-state index in [1.165, 1.54) is 34.5 Å². The molecule has 7 nitrogen and oxygen atoms in total. The van der Waals surface area contributed by atoms with Gasteiger partial charge in [-0.25, -0.2) is 9.67 Å². The van der Waals surface area contributed by atoms with Crippen molar-refractivity contribution in [3.05, 3.63) is 69.6 Å². The maximum absolute atomic E-state index is 12.4. The van der Waals surface area contributed by atoms with Gasteiger partial charge in [-0.05, 0) is 49.4 Å². The molecule has 0 spiro atoms. The predicted molar refractivity (Wildman–Crippen MR) is 121 cm³/mol. The SMILES string of the molecule is N#Cc1cc2c(nc1SCCC(=O)Nc1cc(=O)n(-c3ccccc3)[nH]1)CCCCC2. The number of nitriles is 1. The van der Waals surface area contributed by atoms with E-state index in [2.05, 4.69) is 16.5 Å². The van der Waals surface area contributed by atoms with Crippen molar-refractivity contribution in [2.45, 2.75) is 43.6 Å². The van der Waals surface area contributed by atoms with Crippen LogP contribution in [0.5, 0.6) is 0 Å². The van der Waals surface area contributed by atoms with E-state index in [9.17, 15) is 14.9 Å². The van der Waals surface area contributed by atoms with Gasteiger partial charge in [0.2, 0.25) is 5.91 Å². The van der Waals surface area contributed by atoms with Gasteiger partial charge in [0, 0.05) is 23.9 Å². The summed E-state index contributed by atoms with van der Waals surface area (Å²) in [7, 11) is 0. The second kappa shape index (κ2) is 9.67. The Labute approximate surface area is 184 Å². The second-order valence-electron chi connectivity index (χ2n) is 7.45. The summed E-state index contributed by atoms with van der Waals surface area (Å²) in [5.41, 5.74) is 3.30. The summed E-state index contributed by atoms with van der Waals surface area (Å²) < 4.78 is 1.38. The van der Waals surface area contributed by atoms with E-state index in [4.69, 9.17) is 4.98 Å². The highest BCUT2D eigenvalue weighted by atomic mass is 32.2. The number of amides is 1. The summed E-state index contributed by atoms with van der Waals surface area (Å²) in [6, 6.07) is 14.7. The number of fused-ring (bicyclic) bond motifs is 1. The van der Waals surface area contributed by atoms with Crippen LogP contribution in [0.3, 0.4) is 0 Å². The van der Waals surface area contributed by atoms with Crippen LogP contribution < -0.4 is 10.9 Å². The Bertz CT molecular complexity index is 1180. The molecule has 1 aromatic carbocycles. The number of benzene rings is 1. The number of hydrogen-bond donors (Lipinski definition) is 2. The van der Waals surface area contributed by atoms with Crippen LogP contribution in [0.2, 0.25) is 0 Å². The first-order chi connectivity index (χ1) is 15.1.